The second-order valence-electron chi connectivity index (χ2n) is 3.72. The molecule has 0 radical (unpaired) electrons. The van der Waals surface area contributed by atoms with E-state index in [4.69, 9.17) is 11.0 Å². The second kappa shape index (κ2) is 3.76. The van der Waals surface area contributed by atoms with Crippen LogP contribution in [0.4, 0.5) is 5.69 Å². The number of benzene rings is 1. The number of hydrogen-bond acceptors (Lipinski definition) is 3. The Morgan fingerprint density at radius 2 is 2.12 bits per heavy atom. The summed E-state index contributed by atoms with van der Waals surface area (Å²) in [5.41, 5.74) is 9.86. The normalized spacial score (nSPS) is 10.4. The molecular weight excluding hydrogens is 266 g/mol. The van der Waals surface area contributed by atoms with Crippen molar-refractivity contribution in [2.45, 2.75) is 13.8 Å². The first kappa shape index (κ1) is 10.9. The van der Waals surface area contributed by atoms with E-state index in [9.17, 15) is 0 Å². The summed E-state index contributed by atoms with van der Waals surface area (Å²) in [6.45, 7) is 3.98. The van der Waals surface area contributed by atoms with Crippen LogP contribution in [0.3, 0.4) is 0 Å². The summed E-state index contributed by atoms with van der Waals surface area (Å²) in [5, 5.41) is 9.77. The molecule has 0 aliphatic rings. The van der Waals surface area contributed by atoms with Crippen LogP contribution < -0.4 is 5.73 Å². The highest BCUT2D eigenvalue weighted by Crippen LogP contribution is 2.32. The fourth-order valence-electron chi connectivity index (χ4n) is 1.81. The summed E-state index contributed by atoms with van der Waals surface area (Å²) in [5.74, 6) is 0. The van der Waals surface area contributed by atoms with Crippen LogP contribution >= 0.6 is 15.9 Å². The Balaban J connectivity index is 3.00. The predicted molar refractivity (Wildman–Crippen MR) is 68.0 cm³/mol. The van der Waals surface area contributed by atoms with Gasteiger partial charge in [0.1, 0.15) is 6.07 Å². The lowest BCUT2D eigenvalue weighted by Crippen LogP contribution is -1.97. The molecule has 0 aliphatic carbocycles. The SMILES string of the molecule is Cc1cc2ncc(C#N)c(N)c2c(C)c1Br. The first-order valence-electron chi connectivity index (χ1n) is 4.80. The number of pyridine rings is 1. The molecule has 1 aromatic heterocycles. The van der Waals surface area contributed by atoms with E-state index < -0.39 is 0 Å². The van der Waals surface area contributed by atoms with E-state index >= 15 is 0 Å². The Morgan fingerprint density at radius 3 is 2.75 bits per heavy atom. The fraction of sp³-hybridized carbons (Fsp3) is 0.167. The molecule has 0 spiro atoms. The van der Waals surface area contributed by atoms with Crippen LogP contribution in [-0.2, 0) is 0 Å². The number of nitrogens with zero attached hydrogens (tertiary/aromatic N) is 2. The van der Waals surface area contributed by atoms with Gasteiger partial charge in [-0.1, -0.05) is 15.9 Å². The van der Waals surface area contributed by atoms with Crippen LogP contribution in [0.15, 0.2) is 16.7 Å². The minimum atomic E-state index is 0.423. The Bertz CT molecular complexity index is 626. The Hall–Kier alpha value is -1.60. The first-order chi connectivity index (χ1) is 7.56. The minimum Gasteiger partial charge on any atom is -0.397 e. The van der Waals surface area contributed by atoms with Crippen molar-refractivity contribution in [3.05, 3.63) is 33.4 Å². The smallest absolute Gasteiger partial charge is 0.103 e. The lowest BCUT2D eigenvalue weighted by Gasteiger charge is -2.10. The van der Waals surface area contributed by atoms with Crippen LogP contribution in [0.5, 0.6) is 0 Å². The number of nitrogens with two attached hydrogens (primary N) is 1. The lowest BCUT2D eigenvalue weighted by molar-refractivity contribution is 1.32. The summed E-state index contributed by atoms with van der Waals surface area (Å²) in [6, 6.07) is 4.01. The Labute approximate surface area is 102 Å². The topological polar surface area (TPSA) is 62.7 Å². The van der Waals surface area contributed by atoms with E-state index in [1.54, 1.807) is 0 Å². The molecule has 1 aromatic carbocycles. The van der Waals surface area contributed by atoms with Crippen molar-refractivity contribution in [1.82, 2.24) is 4.98 Å². The summed E-state index contributed by atoms with van der Waals surface area (Å²) in [6.07, 6.45) is 1.52. The van der Waals surface area contributed by atoms with E-state index in [0.717, 1.165) is 26.5 Å². The molecule has 0 bridgehead atoms. The van der Waals surface area contributed by atoms with Gasteiger partial charge in [0.15, 0.2) is 0 Å². The van der Waals surface area contributed by atoms with Gasteiger partial charge in [-0.05, 0) is 31.0 Å². The van der Waals surface area contributed by atoms with Crippen molar-refractivity contribution in [3.8, 4) is 6.07 Å². The molecule has 80 valence electrons. The number of hydrogen-bond donors (Lipinski definition) is 1. The van der Waals surface area contributed by atoms with Crippen molar-refractivity contribution in [2.24, 2.45) is 0 Å². The summed E-state index contributed by atoms with van der Waals surface area (Å²) >= 11 is 3.51. The number of nitrogen functional groups attached to an aromatic ring is 1. The molecular formula is C12H10BrN3. The number of anilines is 1. The number of aromatic nitrogens is 1. The van der Waals surface area contributed by atoms with Crippen molar-refractivity contribution in [3.63, 3.8) is 0 Å². The highest BCUT2D eigenvalue weighted by atomic mass is 79.9. The number of fused-ring (bicyclic) bond motifs is 1. The standard InChI is InChI=1S/C12H10BrN3/c1-6-3-9-10(7(2)11(6)13)12(15)8(4-14)5-16-9/h3,5H,1-2H3,(H2,15,16). The van der Waals surface area contributed by atoms with E-state index in [-0.39, 0.29) is 0 Å². The van der Waals surface area contributed by atoms with Crippen molar-refractivity contribution in [2.75, 3.05) is 5.73 Å². The van der Waals surface area contributed by atoms with Crippen LogP contribution in [0.25, 0.3) is 10.9 Å². The van der Waals surface area contributed by atoms with Gasteiger partial charge >= 0.3 is 0 Å². The molecule has 0 unspecified atom stereocenters. The summed E-state index contributed by atoms with van der Waals surface area (Å²) < 4.78 is 1.02. The van der Waals surface area contributed by atoms with Crippen molar-refractivity contribution < 1.29 is 0 Å². The van der Waals surface area contributed by atoms with Gasteiger partial charge in [0.25, 0.3) is 0 Å². The first-order valence-corrected chi connectivity index (χ1v) is 5.59. The minimum absolute atomic E-state index is 0.423. The molecule has 0 atom stereocenters. The molecule has 3 nitrogen and oxygen atoms in total. The molecule has 2 rings (SSSR count). The van der Waals surface area contributed by atoms with Crippen LogP contribution in [0, 0.1) is 25.2 Å². The highest BCUT2D eigenvalue weighted by Gasteiger charge is 2.11. The van der Waals surface area contributed by atoms with E-state index in [1.165, 1.54) is 6.20 Å². The van der Waals surface area contributed by atoms with Crippen molar-refractivity contribution in [1.29, 1.82) is 5.26 Å². The zero-order valence-corrected chi connectivity index (χ0v) is 10.6. The summed E-state index contributed by atoms with van der Waals surface area (Å²) in [7, 11) is 0. The molecule has 1 heterocycles. The number of nitriles is 1. The third kappa shape index (κ3) is 1.44. The van der Waals surface area contributed by atoms with Crippen LogP contribution in [0.1, 0.15) is 16.7 Å². The summed E-state index contributed by atoms with van der Waals surface area (Å²) in [4.78, 5) is 4.25. The van der Waals surface area contributed by atoms with Crippen LogP contribution in [-0.4, -0.2) is 4.98 Å². The van der Waals surface area contributed by atoms with Crippen LogP contribution in [0.2, 0.25) is 0 Å². The van der Waals surface area contributed by atoms with Gasteiger partial charge in [0, 0.05) is 16.1 Å². The largest absolute Gasteiger partial charge is 0.397 e. The fourth-order valence-corrected chi connectivity index (χ4v) is 2.12. The van der Waals surface area contributed by atoms with Gasteiger partial charge in [-0.2, -0.15) is 5.26 Å². The molecule has 2 aromatic rings. The zero-order chi connectivity index (χ0) is 11.9. The second-order valence-corrected chi connectivity index (χ2v) is 4.52. The third-order valence-corrected chi connectivity index (χ3v) is 3.89. The molecule has 2 N–H and O–H groups in total. The van der Waals surface area contributed by atoms with Gasteiger partial charge in [-0.25, -0.2) is 0 Å². The molecule has 0 saturated heterocycles. The Morgan fingerprint density at radius 1 is 1.44 bits per heavy atom. The molecule has 0 amide bonds. The van der Waals surface area contributed by atoms with E-state index in [2.05, 4.69) is 20.9 Å². The maximum Gasteiger partial charge on any atom is 0.103 e. The Kier molecular flexibility index (Phi) is 2.56. The molecule has 4 heteroatoms. The number of halogens is 1. The molecule has 0 saturated carbocycles. The highest BCUT2D eigenvalue weighted by molar-refractivity contribution is 9.10. The zero-order valence-electron chi connectivity index (χ0n) is 9.00. The molecule has 0 fully saturated rings. The van der Waals surface area contributed by atoms with Crippen molar-refractivity contribution >= 4 is 32.5 Å². The van der Waals surface area contributed by atoms with Gasteiger partial charge in [-0.15, -0.1) is 0 Å². The number of rotatable bonds is 0. The molecule has 16 heavy (non-hydrogen) atoms. The van der Waals surface area contributed by atoms with Gasteiger partial charge < -0.3 is 5.73 Å². The maximum atomic E-state index is 8.91. The monoisotopic (exact) mass is 275 g/mol. The average molecular weight is 276 g/mol. The van der Waals surface area contributed by atoms with Gasteiger partial charge in [-0.3, -0.25) is 4.98 Å². The number of aryl methyl sites for hydroxylation is 2. The van der Waals surface area contributed by atoms with Gasteiger partial charge in [0.2, 0.25) is 0 Å². The average Bonchev–Trinajstić information content (AvgIpc) is 2.26. The lowest BCUT2D eigenvalue weighted by atomic mass is 10.0. The van der Waals surface area contributed by atoms with E-state index in [1.807, 2.05) is 26.0 Å². The molecule has 0 aliphatic heterocycles. The van der Waals surface area contributed by atoms with Gasteiger partial charge in [0.05, 0.1) is 16.8 Å². The van der Waals surface area contributed by atoms with E-state index in [0.29, 0.717) is 11.3 Å². The third-order valence-electron chi connectivity index (χ3n) is 2.67. The maximum absolute atomic E-state index is 8.91. The quantitative estimate of drug-likeness (QED) is 0.804. The predicted octanol–water partition coefficient (Wildman–Crippen LogP) is 3.07.